The van der Waals surface area contributed by atoms with Crippen LogP contribution < -0.4 is 10.6 Å². The molecular weight excluding hydrogens is 373 g/mol. The van der Waals surface area contributed by atoms with E-state index in [1.54, 1.807) is 18.2 Å². The van der Waals surface area contributed by atoms with E-state index in [2.05, 4.69) is 36.5 Å². The molecule has 0 saturated carbocycles. The van der Waals surface area contributed by atoms with Gasteiger partial charge in [-0.3, -0.25) is 0 Å². The predicted octanol–water partition coefficient (Wildman–Crippen LogP) is 5.21. The van der Waals surface area contributed by atoms with Gasteiger partial charge in [0.2, 0.25) is 5.95 Å². The minimum absolute atomic E-state index is 0.0668. The number of hydrogen-bond acceptors (Lipinski definition) is 4. The van der Waals surface area contributed by atoms with Crippen LogP contribution in [0.4, 0.5) is 30.6 Å². The van der Waals surface area contributed by atoms with E-state index < -0.39 is 17.4 Å². The van der Waals surface area contributed by atoms with Crippen molar-refractivity contribution in [1.82, 2.24) is 9.97 Å². The number of nitrogens with zero attached hydrogens (tertiary/aromatic N) is 2. The Morgan fingerprint density at radius 3 is 2.30 bits per heavy atom. The average molecular weight is 389 g/mol. The highest BCUT2D eigenvalue weighted by Gasteiger charge is 2.34. The molecule has 0 fully saturated rings. The zero-order valence-electron chi connectivity index (χ0n) is 12.8. The Morgan fingerprint density at radius 2 is 1.74 bits per heavy atom. The number of rotatable bonds is 3. The molecule has 1 aromatic heterocycles. The molecule has 0 aliphatic rings. The summed E-state index contributed by atoms with van der Waals surface area (Å²) in [5, 5.41) is 5.72. The molecule has 2 rings (SSSR count). The summed E-state index contributed by atoms with van der Waals surface area (Å²) in [6.45, 7) is 5.45. The third-order valence-corrected chi connectivity index (χ3v) is 3.09. The lowest BCUT2D eigenvalue weighted by atomic mass is 10.1. The number of halogens is 4. The zero-order chi connectivity index (χ0) is 17.3. The molecule has 2 N–H and O–H groups in total. The van der Waals surface area contributed by atoms with Crippen molar-refractivity contribution < 1.29 is 13.2 Å². The summed E-state index contributed by atoms with van der Waals surface area (Å²) in [5.74, 6) is -0.0120. The summed E-state index contributed by atoms with van der Waals surface area (Å²) in [7, 11) is 0. The van der Waals surface area contributed by atoms with Gasteiger partial charge in [-0.25, -0.2) is 4.98 Å². The van der Waals surface area contributed by atoms with Gasteiger partial charge in [-0.1, -0.05) is 22.0 Å². The van der Waals surface area contributed by atoms with Gasteiger partial charge in [0.15, 0.2) is 5.69 Å². The van der Waals surface area contributed by atoms with Crippen molar-refractivity contribution >= 4 is 33.4 Å². The first-order valence-electron chi connectivity index (χ1n) is 6.80. The molecule has 0 atom stereocenters. The van der Waals surface area contributed by atoms with Crippen LogP contribution in [0, 0.1) is 0 Å². The highest BCUT2D eigenvalue weighted by atomic mass is 79.9. The van der Waals surface area contributed by atoms with Gasteiger partial charge >= 0.3 is 6.18 Å². The predicted molar refractivity (Wildman–Crippen MR) is 87.8 cm³/mol. The van der Waals surface area contributed by atoms with Crippen LogP contribution in [0.2, 0.25) is 0 Å². The van der Waals surface area contributed by atoms with Gasteiger partial charge in [-0.2, -0.15) is 18.2 Å². The topological polar surface area (TPSA) is 49.8 Å². The maximum absolute atomic E-state index is 13.0. The fourth-order valence-corrected chi connectivity index (χ4v) is 2.16. The lowest BCUT2D eigenvalue weighted by Gasteiger charge is -2.21. The summed E-state index contributed by atoms with van der Waals surface area (Å²) in [5.41, 5.74) is -0.846. The van der Waals surface area contributed by atoms with Crippen LogP contribution in [0.1, 0.15) is 26.5 Å². The summed E-state index contributed by atoms with van der Waals surface area (Å²) >= 11 is 3.31. The van der Waals surface area contributed by atoms with E-state index in [0.29, 0.717) is 5.69 Å². The molecule has 0 radical (unpaired) electrons. The molecule has 23 heavy (non-hydrogen) atoms. The van der Waals surface area contributed by atoms with E-state index in [0.717, 1.165) is 10.5 Å². The maximum atomic E-state index is 13.0. The summed E-state index contributed by atoms with van der Waals surface area (Å²) in [4.78, 5) is 7.66. The number of hydrogen-bond donors (Lipinski definition) is 2. The van der Waals surface area contributed by atoms with E-state index in [-0.39, 0.29) is 11.8 Å². The van der Waals surface area contributed by atoms with Gasteiger partial charge in [-0.15, -0.1) is 0 Å². The molecule has 4 nitrogen and oxygen atoms in total. The largest absolute Gasteiger partial charge is 0.433 e. The second kappa shape index (κ2) is 6.35. The minimum Gasteiger partial charge on any atom is -0.350 e. The molecule has 8 heteroatoms. The van der Waals surface area contributed by atoms with Crippen LogP contribution in [0.15, 0.2) is 34.8 Å². The van der Waals surface area contributed by atoms with E-state index in [1.165, 1.54) is 0 Å². The van der Waals surface area contributed by atoms with Gasteiger partial charge < -0.3 is 10.6 Å². The maximum Gasteiger partial charge on any atom is 0.433 e. The Labute approximate surface area is 140 Å². The fraction of sp³-hybridized carbons (Fsp3) is 0.333. The Morgan fingerprint density at radius 1 is 1.04 bits per heavy atom. The van der Waals surface area contributed by atoms with Gasteiger partial charge in [-0.05, 0) is 39.0 Å². The Kier molecular flexibility index (Phi) is 4.84. The first kappa shape index (κ1) is 17.5. The van der Waals surface area contributed by atoms with Gasteiger partial charge in [0, 0.05) is 21.8 Å². The molecule has 0 aliphatic carbocycles. The lowest BCUT2D eigenvalue weighted by molar-refractivity contribution is -0.141. The summed E-state index contributed by atoms with van der Waals surface area (Å²) in [6, 6.07) is 7.95. The molecule has 0 amide bonds. The molecule has 0 saturated heterocycles. The van der Waals surface area contributed by atoms with Crippen molar-refractivity contribution in [1.29, 1.82) is 0 Å². The molecule has 0 unspecified atom stereocenters. The van der Waals surface area contributed by atoms with E-state index in [4.69, 9.17) is 0 Å². The Hall–Kier alpha value is -1.83. The second-order valence-electron chi connectivity index (χ2n) is 5.97. The third kappa shape index (κ3) is 5.38. The number of alkyl halides is 3. The quantitative estimate of drug-likeness (QED) is 0.757. The van der Waals surface area contributed by atoms with Gasteiger partial charge in [0.25, 0.3) is 0 Å². The van der Waals surface area contributed by atoms with Crippen LogP contribution in [-0.2, 0) is 6.18 Å². The van der Waals surface area contributed by atoms with Gasteiger partial charge in [0.05, 0.1) is 0 Å². The smallest absolute Gasteiger partial charge is 0.350 e. The van der Waals surface area contributed by atoms with E-state index in [9.17, 15) is 13.2 Å². The van der Waals surface area contributed by atoms with Crippen molar-refractivity contribution in [3.63, 3.8) is 0 Å². The normalized spacial score (nSPS) is 12.1. The number of nitrogens with one attached hydrogen (secondary N) is 2. The van der Waals surface area contributed by atoms with Crippen molar-refractivity contribution in [2.45, 2.75) is 32.5 Å². The summed E-state index contributed by atoms with van der Waals surface area (Å²) < 4.78 is 39.9. The minimum atomic E-state index is -4.55. The van der Waals surface area contributed by atoms with Crippen molar-refractivity contribution in [2.75, 3.05) is 10.6 Å². The van der Waals surface area contributed by atoms with Gasteiger partial charge in [0.1, 0.15) is 5.82 Å². The molecule has 1 heterocycles. The molecule has 0 aliphatic heterocycles. The monoisotopic (exact) mass is 388 g/mol. The number of aromatic nitrogens is 2. The Bertz CT molecular complexity index is 696. The van der Waals surface area contributed by atoms with E-state index >= 15 is 0 Å². The average Bonchev–Trinajstić information content (AvgIpc) is 2.35. The number of benzene rings is 1. The zero-order valence-corrected chi connectivity index (χ0v) is 14.4. The first-order valence-corrected chi connectivity index (χ1v) is 7.59. The molecule has 1 aromatic carbocycles. The van der Waals surface area contributed by atoms with Crippen molar-refractivity contribution in [3.05, 3.63) is 40.5 Å². The third-order valence-electron chi connectivity index (χ3n) is 2.60. The second-order valence-corrected chi connectivity index (χ2v) is 6.89. The highest BCUT2D eigenvalue weighted by Crippen LogP contribution is 2.31. The van der Waals surface area contributed by atoms with Crippen LogP contribution in [0.3, 0.4) is 0 Å². The van der Waals surface area contributed by atoms with Crippen LogP contribution in [0.25, 0.3) is 0 Å². The molecular formula is C15H16BrF3N4. The van der Waals surface area contributed by atoms with Crippen molar-refractivity contribution in [3.8, 4) is 0 Å². The molecule has 0 spiro atoms. The van der Waals surface area contributed by atoms with Crippen molar-refractivity contribution in [2.24, 2.45) is 0 Å². The van der Waals surface area contributed by atoms with Crippen LogP contribution in [-0.4, -0.2) is 15.5 Å². The standard InChI is InChI=1S/C15H16BrF3N4/c1-14(2,3)23-13-21-11(15(17,18)19)8-12(22-13)20-10-6-4-5-9(16)7-10/h4-8H,1-3H3,(H2,20,21,22,23). The number of anilines is 3. The van der Waals surface area contributed by atoms with Crippen LogP contribution in [0.5, 0.6) is 0 Å². The fourth-order valence-electron chi connectivity index (χ4n) is 1.76. The summed E-state index contributed by atoms with van der Waals surface area (Å²) in [6.07, 6.45) is -4.55. The SMILES string of the molecule is CC(C)(C)Nc1nc(Nc2cccc(Br)c2)cc(C(F)(F)F)n1. The van der Waals surface area contributed by atoms with E-state index in [1.807, 2.05) is 26.8 Å². The van der Waals surface area contributed by atoms with Crippen LogP contribution >= 0.6 is 15.9 Å². The Balaban J connectivity index is 2.39. The highest BCUT2D eigenvalue weighted by molar-refractivity contribution is 9.10. The molecule has 2 aromatic rings. The lowest BCUT2D eigenvalue weighted by Crippen LogP contribution is -2.28. The molecule has 0 bridgehead atoms. The first-order chi connectivity index (χ1) is 10.5. The molecule has 124 valence electrons.